The highest BCUT2D eigenvalue weighted by Crippen LogP contribution is 2.17. The lowest BCUT2D eigenvalue weighted by Gasteiger charge is -2.26. The monoisotopic (exact) mass is 277 g/mol. The van der Waals surface area contributed by atoms with E-state index in [1.54, 1.807) is 0 Å². The van der Waals surface area contributed by atoms with Crippen molar-refractivity contribution in [1.29, 1.82) is 0 Å². The van der Waals surface area contributed by atoms with Gasteiger partial charge in [0.2, 0.25) is 11.8 Å². The van der Waals surface area contributed by atoms with E-state index in [-0.39, 0.29) is 19.0 Å². The number of carbonyl (C=O) groups is 2. The zero-order valence-corrected chi connectivity index (χ0v) is 11.9. The van der Waals surface area contributed by atoms with Gasteiger partial charge in [0.15, 0.2) is 0 Å². The number of nitrogens with zero attached hydrogens (tertiary/aromatic N) is 1. The Kier molecular flexibility index (Phi) is 6.73. The van der Waals surface area contributed by atoms with Crippen LogP contribution in [-0.2, 0) is 9.59 Å². The van der Waals surface area contributed by atoms with Crippen molar-refractivity contribution in [3.05, 3.63) is 35.9 Å². The van der Waals surface area contributed by atoms with Crippen LogP contribution in [0.1, 0.15) is 31.2 Å². The largest absolute Gasteiger partial charge is 0.368 e. The summed E-state index contributed by atoms with van der Waals surface area (Å²) < 4.78 is 0. The first-order valence-corrected chi connectivity index (χ1v) is 6.92. The van der Waals surface area contributed by atoms with E-state index < -0.39 is 11.8 Å². The van der Waals surface area contributed by atoms with Gasteiger partial charge < -0.3 is 16.4 Å². The Morgan fingerprint density at radius 2 is 1.90 bits per heavy atom. The van der Waals surface area contributed by atoms with Crippen LogP contribution in [0.15, 0.2) is 30.3 Å². The average molecular weight is 277 g/mol. The highest BCUT2D eigenvalue weighted by atomic mass is 16.2. The molecule has 1 rings (SSSR count). The minimum Gasteiger partial charge on any atom is -0.368 e. The van der Waals surface area contributed by atoms with Crippen molar-refractivity contribution in [3.63, 3.8) is 0 Å². The molecule has 5 nitrogen and oxygen atoms in total. The zero-order chi connectivity index (χ0) is 15.0. The smallest absolute Gasteiger partial charge is 0.237 e. The second-order valence-electron chi connectivity index (χ2n) is 4.78. The number of unbranched alkanes of at least 4 members (excludes halogenated alkanes) is 1. The fourth-order valence-corrected chi connectivity index (χ4v) is 2.09. The van der Waals surface area contributed by atoms with Crippen LogP contribution in [0.3, 0.4) is 0 Å². The van der Waals surface area contributed by atoms with E-state index in [2.05, 4.69) is 0 Å². The van der Waals surface area contributed by atoms with Crippen LogP contribution in [0.4, 0.5) is 0 Å². The molecule has 0 fully saturated rings. The summed E-state index contributed by atoms with van der Waals surface area (Å²) in [5.41, 5.74) is 11.8. The minimum absolute atomic E-state index is 0.0534. The van der Waals surface area contributed by atoms with E-state index in [9.17, 15) is 9.59 Å². The summed E-state index contributed by atoms with van der Waals surface area (Å²) in [6.07, 6.45) is 1.78. The molecule has 0 saturated carbocycles. The summed E-state index contributed by atoms with van der Waals surface area (Å²) in [6, 6.07) is 9.38. The Balaban J connectivity index is 2.87. The Morgan fingerprint density at radius 3 is 2.40 bits per heavy atom. The number of carbonyl (C=O) groups excluding carboxylic acids is 2. The molecule has 0 spiro atoms. The molecule has 0 aliphatic rings. The fraction of sp³-hybridized carbons (Fsp3) is 0.467. The van der Waals surface area contributed by atoms with Crippen LogP contribution in [0.2, 0.25) is 0 Å². The molecule has 0 radical (unpaired) electrons. The molecule has 0 aliphatic carbocycles. The molecule has 20 heavy (non-hydrogen) atoms. The summed E-state index contributed by atoms with van der Waals surface area (Å²) >= 11 is 0. The van der Waals surface area contributed by atoms with Gasteiger partial charge >= 0.3 is 0 Å². The topological polar surface area (TPSA) is 89.4 Å². The van der Waals surface area contributed by atoms with E-state index in [4.69, 9.17) is 11.5 Å². The van der Waals surface area contributed by atoms with Gasteiger partial charge in [0.25, 0.3) is 0 Å². The van der Waals surface area contributed by atoms with E-state index in [1.165, 1.54) is 4.90 Å². The molecular weight excluding hydrogens is 254 g/mol. The average Bonchev–Trinajstić information content (AvgIpc) is 2.45. The molecule has 1 aromatic carbocycles. The molecule has 5 heteroatoms. The lowest BCUT2D eigenvalue weighted by atomic mass is 9.97. The van der Waals surface area contributed by atoms with Crippen LogP contribution in [0.5, 0.6) is 0 Å². The first-order chi connectivity index (χ1) is 9.60. The number of rotatable bonds is 8. The molecular formula is C15H23N3O2. The summed E-state index contributed by atoms with van der Waals surface area (Å²) in [7, 11) is 0. The highest BCUT2D eigenvalue weighted by molar-refractivity contribution is 5.88. The third kappa shape index (κ3) is 4.66. The van der Waals surface area contributed by atoms with Crippen molar-refractivity contribution in [2.45, 2.75) is 25.7 Å². The molecule has 0 aromatic heterocycles. The van der Waals surface area contributed by atoms with Gasteiger partial charge in [0.1, 0.15) is 0 Å². The second-order valence-corrected chi connectivity index (χ2v) is 4.78. The summed E-state index contributed by atoms with van der Waals surface area (Å²) in [6.45, 7) is 2.72. The van der Waals surface area contributed by atoms with Gasteiger partial charge in [0, 0.05) is 13.1 Å². The van der Waals surface area contributed by atoms with Crippen molar-refractivity contribution in [3.8, 4) is 0 Å². The number of hydrogen-bond acceptors (Lipinski definition) is 3. The summed E-state index contributed by atoms with van der Waals surface area (Å²) in [5, 5.41) is 0. The quantitative estimate of drug-likeness (QED) is 0.738. The lowest BCUT2D eigenvalue weighted by Crippen LogP contribution is -2.43. The number of primary amides is 1. The highest BCUT2D eigenvalue weighted by Gasteiger charge is 2.25. The predicted octanol–water partition coefficient (Wildman–Crippen LogP) is 0.843. The Morgan fingerprint density at radius 1 is 1.25 bits per heavy atom. The molecule has 4 N–H and O–H groups in total. The standard InChI is InChI=1S/C15H23N3O2/c1-2-3-9-18(11-14(17)19)15(20)13(10-16)12-7-5-4-6-8-12/h4-8,13H,2-3,9-11,16H2,1H3,(H2,17,19). The van der Waals surface area contributed by atoms with Crippen molar-refractivity contribution in [1.82, 2.24) is 4.90 Å². The number of amides is 2. The van der Waals surface area contributed by atoms with Gasteiger partial charge in [-0.15, -0.1) is 0 Å². The maximum absolute atomic E-state index is 12.6. The van der Waals surface area contributed by atoms with Gasteiger partial charge in [0.05, 0.1) is 12.5 Å². The van der Waals surface area contributed by atoms with Gasteiger partial charge in [-0.1, -0.05) is 43.7 Å². The zero-order valence-electron chi connectivity index (χ0n) is 11.9. The SMILES string of the molecule is CCCCN(CC(N)=O)C(=O)C(CN)c1ccccc1. The lowest BCUT2D eigenvalue weighted by molar-refractivity contribution is -0.136. The first-order valence-electron chi connectivity index (χ1n) is 6.92. The molecule has 1 atom stereocenters. The van der Waals surface area contributed by atoms with Crippen LogP contribution in [-0.4, -0.2) is 36.3 Å². The van der Waals surface area contributed by atoms with Crippen molar-refractivity contribution in [2.75, 3.05) is 19.6 Å². The second kappa shape index (κ2) is 8.32. The number of benzene rings is 1. The molecule has 0 bridgehead atoms. The third-order valence-electron chi connectivity index (χ3n) is 3.18. The maximum Gasteiger partial charge on any atom is 0.237 e. The molecule has 0 saturated heterocycles. The normalized spacial score (nSPS) is 11.9. The number of nitrogens with two attached hydrogens (primary N) is 2. The molecule has 2 amide bonds. The Bertz CT molecular complexity index is 434. The summed E-state index contributed by atoms with van der Waals surface area (Å²) in [4.78, 5) is 25.2. The molecule has 1 aromatic rings. The minimum atomic E-state index is -0.502. The van der Waals surface area contributed by atoms with Gasteiger partial charge in [-0.05, 0) is 12.0 Å². The molecule has 0 aliphatic heterocycles. The van der Waals surface area contributed by atoms with Crippen molar-refractivity contribution in [2.24, 2.45) is 11.5 Å². The molecule has 110 valence electrons. The van der Waals surface area contributed by atoms with Crippen LogP contribution < -0.4 is 11.5 Å². The number of hydrogen-bond donors (Lipinski definition) is 2. The Labute approximate surface area is 119 Å². The molecule has 1 unspecified atom stereocenters. The van der Waals surface area contributed by atoms with E-state index in [0.717, 1.165) is 18.4 Å². The van der Waals surface area contributed by atoms with Crippen LogP contribution in [0.25, 0.3) is 0 Å². The fourth-order valence-electron chi connectivity index (χ4n) is 2.09. The molecule has 0 heterocycles. The van der Waals surface area contributed by atoms with Crippen molar-refractivity contribution >= 4 is 11.8 Å². The third-order valence-corrected chi connectivity index (χ3v) is 3.18. The first kappa shape index (κ1) is 16.2. The van der Waals surface area contributed by atoms with E-state index in [1.807, 2.05) is 37.3 Å². The van der Waals surface area contributed by atoms with Gasteiger partial charge in [-0.2, -0.15) is 0 Å². The summed E-state index contributed by atoms with van der Waals surface area (Å²) in [5.74, 6) is -1.06. The van der Waals surface area contributed by atoms with Gasteiger partial charge in [-0.25, -0.2) is 0 Å². The van der Waals surface area contributed by atoms with Crippen molar-refractivity contribution < 1.29 is 9.59 Å². The van der Waals surface area contributed by atoms with Gasteiger partial charge in [-0.3, -0.25) is 9.59 Å². The Hall–Kier alpha value is -1.88. The van der Waals surface area contributed by atoms with E-state index >= 15 is 0 Å². The van der Waals surface area contributed by atoms with E-state index in [0.29, 0.717) is 6.54 Å². The predicted molar refractivity (Wildman–Crippen MR) is 78.9 cm³/mol. The van der Waals surface area contributed by atoms with Crippen LogP contribution >= 0.6 is 0 Å². The maximum atomic E-state index is 12.6. The van der Waals surface area contributed by atoms with Crippen LogP contribution in [0, 0.1) is 0 Å².